The van der Waals surface area contributed by atoms with Crippen LogP contribution in [0.3, 0.4) is 0 Å². The van der Waals surface area contributed by atoms with Crippen LogP contribution in [0.2, 0.25) is 0 Å². The maximum atomic E-state index is 11.4. The van der Waals surface area contributed by atoms with Crippen molar-refractivity contribution in [2.75, 3.05) is 7.11 Å². The molecule has 1 saturated carbocycles. The predicted octanol–water partition coefficient (Wildman–Crippen LogP) is 2.16. The molecular weight excluding hydrogens is 204 g/mol. The van der Waals surface area contributed by atoms with Crippen molar-refractivity contribution in [2.45, 2.75) is 18.9 Å². The number of hydrogen-bond donors (Lipinski definition) is 0. The Morgan fingerprint density at radius 1 is 1.50 bits per heavy atom. The zero-order valence-corrected chi connectivity index (χ0v) is 9.01. The van der Waals surface area contributed by atoms with Crippen LogP contribution in [0.5, 0.6) is 0 Å². The second-order valence-electron chi connectivity index (χ2n) is 4.09. The second kappa shape index (κ2) is 3.33. The minimum atomic E-state index is -0.301. The number of aromatic nitrogens is 2. The largest absolute Gasteiger partial charge is 0.465 e. The van der Waals surface area contributed by atoms with Gasteiger partial charge in [-0.25, -0.2) is 4.79 Å². The molecule has 0 N–H and O–H groups in total. The number of esters is 1. The van der Waals surface area contributed by atoms with E-state index in [0.717, 1.165) is 10.9 Å². The van der Waals surface area contributed by atoms with Gasteiger partial charge in [0.05, 0.1) is 30.4 Å². The molecule has 0 aliphatic heterocycles. The molecule has 1 aliphatic rings. The van der Waals surface area contributed by atoms with E-state index in [1.54, 1.807) is 6.07 Å². The van der Waals surface area contributed by atoms with E-state index >= 15 is 0 Å². The smallest absolute Gasteiger partial charge is 0.337 e. The number of nitrogens with zero attached hydrogens (tertiary/aromatic N) is 2. The molecule has 0 amide bonds. The zero-order valence-electron chi connectivity index (χ0n) is 9.01. The summed E-state index contributed by atoms with van der Waals surface area (Å²) in [6, 6.07) is 6.05. The van der Waals surface area contributed by atoms with Crippen molar-refractivity contribution >= 4 is 16.9 Å². The van der Waals surface area contributed by atoms with Gasteiger partial charge in [0.2, 0.25) is 0 Å². The third-order valence-electron chi connectivity index (χ3n) is 2.91. The van der Waals surface area contributed by atoms with Gasteiger partial charge in [-0.2, -0.15) is 5.10 Å². The molecule has 4 heteroatoms. The van der Waals surface area contributed by atoms with Gasteiger partial charge in [-0.1, -0.05) is 6.07 Å². The van der Waals surface area contributed by atoms with Gasteiger partial charge >= 0.3 is 5.97 Å². The monoisotopic (exact) mass is 216 g/mol. The molecule has 0 radical (unpaired) electrons. The molecule has 16 heavy (non-hydrogen) atoms. The Kier molecular flexibility index (Phi) is 1.96. The third-order valence-corrected chi connectivity index (χ3v) is 2.91. The van der Waals surface area contributed by atoms with Crippen molar-refractivity contribution in [1.82, 2.24) is 9.78 Å². The summed E-state index contributed by atoms with van der Waals surface area (Å²) >= 11 is 0. The predicted molar refractivity (Wildman–Crippen MR) is 59.3 cm³/mol. The summed E-state index contributed by atoms with van der Waals surface area (Å²) in [5.41, 5.74) is 1.60. The molecule has 1 aromatic carbocycles. The highest BCUT2D eigenvalue weighted by Gasteiger charge is 2.26. The van der Waals surface area contributed by atoms with E-state index < -0.39 is 0 Å². The number of hydrogen-bond acceptors (Lipinski definition) is 3. The van der Waals surface area contributed by atoms with Crippen LogP contribution in [-0.4, -0.2) is 22.9 Å². The van der Waals surface area contributed by atoms with Gasteiger partial charge in [-0.3, -0.25) is 4.68 Å². The molecule has 82 valence electrons. The maximum absolute atomic E-state index is 11.4. The number of rotatable bonds is 2. The van der Waals surface area contributed by atoms with Crippen LogP contribution in [0.15, 0.2) is 24.4 Å². The first-order chi connectivity index (χ1) is 7.79. The number of carbonyl (C=O) groups excluding carboxylic acids is 1. The first-order valence-electron chi connectivity index (χ1n) is 5.35. The highest BCUT2D eigenvalue weighted by atomic mass is 16.5. The van der Waals surface area contributed by atoms with Crippen molar-refractivity contribution in [2.24, 2.45) is 0 Å². The van der Waals surface area contributed by atoms with Gasteiger partial charge in [0.15, 0.2) is 0 Å². The van der Waals surface area contributed by atoms with E-state index in [0.29, 0.717) is 11.6 Å². The SMILES string of the molecule is COC(=O)c1ccc2cnn(C3CC3)c2c1. The summed E-state index contributed by atoms with van der Waals surface area (Å²) in [5, 5.41) is 5.42. The number of carbonyl (C=O) groups is 1. The molecule has 4 nitrogen and oxygen atoms in total. The molecular formula is C12H12N2O2. The van der Waals surface area contributed by atoms with Crippen molar-refractivity contribution in [1.29, 1.82) is 0 Å². The first kappa shape index (κ1) is 9.39. The highest BCUT2D eigenvalue weighted by molar-refractivity contribution is 5.94. The van der Waals surface area contributed by atoms with Crippen LogP contribution in [0, 0.1) is 0 Å². The Morgan fingerprint density at radius 3 is 3.00 bits per heavy atom. The van der Waals surface area contributed by atoms with Crippen LogP contribution in [-0.2, 0) is 4.74 Å². The fourth-order valence-corrected chi connectivity index (χ4v) is 1.89. The van der Waals surface area contributed by atoms with Gasteiger partial charge in [0.1, 0.15) is 0 Å². The molecule has 0 atom stereocenters. The molecule has 1 aromatic heterocycles. The fourth-order valence-electron chi connectivity index (χ4n) is 1.89. The molecule has 1 heterocycles. The Hall–Kier alpha value is -1.84. The van der Waals surface area contributed by atoms with Gasteiger partial charge in [0.25, 0.3) is 0 Å². The quantitative estimate of drug-likeness (QED) is 0.722. The van der Waals surface area contributed by atoms with Gasteiger partial charge in [0, 0.05) is 5.39 Å². The van der Waals surface area contributed by atoms with Crippen molar-refractivity contribution in [3.63, 3.8) is 0 Å². The van der Waals surface area contributed by atoms with Crippen LogP contribution in [0.25, 0.3) is 10.9 Å². The van der Waals surface area contributed by atoms with Crippen LogP contribution in [0.4, 0.5) is 0 Å². The summed E-state index contributed by atoms with van der Waals surface area (Å²) in [6.45, 7) is 0. The van der Waals surface area contributed by atoms with Gasteiger partial charge < -0.3 is 4.74 Å². The average Bonchev–Trinajstić information content (AvgIpc) is 3.08. The maximum Gasteiger partial charge on any atom is 0.337 e. The van der Waals surface area contributed by atoms with Crippen LogP contribution in [0.1, 0.15) is 29.2 Å². The summed E-state index contributed by atoms with van der Waals surface area (Å²) < 4.78 is 6.71. The molecule has 0 saturated heterocycles. The van der Waals surface area contributed by atoms with Gasteiger partial charge in [-0.15, -0.1) is 0 Å². The average molecular weight is 216 g/mol. The molecule has 1 aliphatic carbocycles. The summed E-state index contributed by atoms with van der Waals surface area (Å²) in [5.74, 6) is -0.301. The van der Waals surface area contributed by atoms with E-state index in [1.807, 2.05) is 23.0 Å². The lowest BCUT2D eigenvalue weighted by Crippen LogP contribution is -2.02. The topological polar surface area (TPSA) is 44.1 Å². The lowest BCUT2D eigenvalue weighted by atomic mass is 10.1. The number of benzene rings is 1. The van der Waals surface area contributed by atoms with E-state index in [4.69, 9.17) is 4.74 Å². The minimum absolute atomic E-state index is 0.301. The van der Waals surface area contributed by atoms with E-state index in [-0.39, 0.29) is 5.97 Å². The van der Waals surface area contributed by atoms with Crippen molar-refractivity contribution < 1.29 is 9.53 Å². The standard InChI is InChI=1S/C12H12N2O2/c1-16-12(15)8-2-3-9-7-13-14(10-4-5-10)11(9)6-8/h2-3,6-7,10H,4-5H2,1H3. The van der Waals surface area contributed by atoms with Crippen molar-refractivity contribution in [3.05, 3.63) is 30.0 Å². The molecule has 1 fully saturated rings. The summed E-state index contributed by atoms with van der Waals surface area (Å²) in [7, 11) is 1.39. The second-order valence-corrected chi connectivity index (χ2v) is 4.09. The van der Waals surface area contributed by atoms with Crippen molar-refractivity contribution in [3.8, 4) is 0 Å². The zero-order chi connectivity index (χ0) is 11.1. The third kappa shape index (κ3) is 1.38. The Morgan fingerprint density at radius 2 is 2.31 bits per heavy atom. The molecule has 0 unspecified atom stereocenters. The lowest BCUT2D eigenvalue weighted by molar-refractivity contribution is 0.0601. The van der Waals surface area contributed by atoms with E-state index in [2.05, 4.69) is 5.10 Å². The minimum Gasteiger partial charge on any atom is -0.465 e. The van der Waals surface area contributed by atoms with E-state index in [9.17, 15) is 4.79 Å². The Bertz CT molecular complexity index is 555. The lowest BCUT2D eigenvalue weighted by Gasteiger charge is -2.02. The normalized spacial score (nSPS) is 15.3. The highest BCUT2D eigenvalue weighted by Crippen LogP contribution is 2.36. The number of fused-ring (bicyclic) bond motifs is 1. The number of methoxy groups -OCH3 is 1. The van der Waals surface area contributed by atoms with Crippen LogP contribution >= 0.6 is 0 Å². The van der Waals surface area contributed by atoms with E-state index in [1.165, 1.54) is 20.0 Å². The molecule has 2 aromatic rings. The summed E-state index contributed by atoms with van der Waals surface area (Å²) in [4.78, 5) is 11.4. The fraction of sp³-hybridized carbons (Fsp3) is 0.333. The summed E-state index contributed by atoms with van der Waals surface area (Å²) in [6.07, 6.45) is 4.20. The first-order valence-corrected chi connectivity index (χ1v) is 5.35. The van der Waals surface area contributed by atoms with Gasteiger partial charge in [-0.05, 0) is 25.0 Å². The Labute approximate surface area is 92.8 Å². The molecule has 3 rings (SSSR count). The molecule has 0 spiro atoms. The molecule has 0 bridgehead atoms. The van der Waals surface area contributed by atoms with Crippen LogP contribution < -0.4 is 0 Å². The Balaban J connectivity index is 2.13. The number of ether oxygens (including phenoxy) is 1.